The molecule has 0 saturated heterocycles. The monoisotopic (exact) mass is 346 g/mol. The first kappa shape index (κ1) is 19.1. The molecule has 134 valence electrons. The molecule has 0 amide bonds. The number of hydrogen-bond donors (Lipinski definition) is 0. The van der Waals surface area contributed by atoms with Crippen LogP contribution in [0.3, 0.4) is 0 Å². The van der Waals surface area contributed by atoms with E-state index in [4.69, 9.17) is 4.74 Å². The van der Waals surface area contributed by atoms with Crippen LogP contribution in [0.5, 0.6) is 0 Å². The number of benzene rings is 1. The average molecular weight is 346 g/mol. The van der Waals surface area contributed by atoms with Gasteiger partial charge in [0.2, 0.25) is 0 Å². The van der Waals surface area contributed by atoms with E-state index in [1.54, 1.807) is 6.08 Å². The Morgan fingerprint density at radius 3 is 2.64 bits per heavy atom. The van der Waals surface area contributed by atoms with E-state index in [0.717, 1.165) is 37.5 Å². The van der Waals surface area contributed by atoms with Gasteiger partial charge in [-0.1, -0.05) is 23.3 Å². The van der Waals surface area contributed by atoms with Crippen molar-refractivity contribution in [2.45, 2.75) is 52.6 Å². The fourth-order valence-corrected chi connectivity index (χ4v) is 2.71. The average Bonchev–Trinajstić information content (AvgIpc) is 2.90. The van der Waals surface area contributed by atoms with E-state index in [0.29, 0.717) is 12.0 Å². The maximum Gasteiger partial charge on any atom is 0.334 e. The van der Waals surface area contributed by atoms with E-state index in [-0.39, 0.29) is 5.56 Å². The van der Waals surface area contributed by atoms with Crippen molar-refractivity contribution in [2.24, 2.45) is 0 Å². The smallest absolute Gasteiger partial charge is 0.334 e. The Kier molecular flexibility index (Phi) is 6.68. The van der Waals surface area contributed by atoms with Gasteiger partial charge in [-0.05, 0) is 70.7 Å². The third-order valence-electron chi connectivity index (χ3n) is 4.11. The molecule has 0 bridgehead atoms. The molecule has 0 unspecified atom stereocenters. The molecule has 0 fully saturated rings. The number of esters is 1. The number of carbonyl (C=O) groups excluding carboxylic acids is 1. The molecule has 0 N–H and O–H groups in total. The zero-order valence-electron chi connectivity index (χ0n) is 14.9. The molecule has 1 aromatic carbocycles. The lowest BCUT2D eigenvalue weighted by Gasteiger charge is -2.09. The number of hydrogen-bond acceptors (Lipinski definition) is 2. The number of ether oxygens (including phenoxy) is 1. The second-order valence-electron chi connectivity index (χ2n) is 6.59. The summed E-state index contributed by atoms with van der Waals surface area (Å²) >= 11 is 0. The van der Waals surface area contributed by atoms with Crippen LogP contribution in [0.25, 0.3) is 0 Å². The van der Waals surface area contributed by atoms with Gasteiger partial charge in [-0.2, -0.15) is 0 Å². The Morgan fingerprint density at radius 2 is 1.92 bits per heavy atom. The Balaban J connectivity index is 1.95. The van der Waals surface area contributed by atoms with Crippen molar-refractivity contribution in [3.8, 4) is 0 Å². The molecule has 2 nitrogen and oxygen atoms in total. The second-order valence-corrected chi connectivity index (χ2v) is 6.59. The van der Waals surface area contributed by atoms with Gasteiger partial charge in [-0.25, -0.2) is 13.6 Å². The molecule has 0 aromatic heterocycles. The summed E-state index contributed by atoms with van der Waals surface area (Å²) in [6.07, 6.45) is 8.32. The van der Waals surface area contributed by atoms with Crippen molar-refractivity contribution in [3.05, 3.63) is 70.3 Å². The standard InChI is InChI=1S/C21H24F2O2/c1-14(2)6-4-7-15(3)8-5-9-16-12-20(25-21(16)24)18-13-17(22)10-11-19(18)23/h6,8,10-13,20H,4-5,7,9H2,1-3H3/b15-8+/t20-/m1/s1. The van der Waals surface area contributed by atoms with Crippen LogP contribution in [0.15, 0.2) is 53.1 Å². The minimum absolute atomic E-state index is 0.0526. The molecule has 25 heavy (non-hydrogen) atoms. The fraction of sp³-hybridized carbons (Fsp3) is 0.381. The van der Waals surface area contributed by atoms with Gasteiger partial charge < -0.3 is 4.74 Å². The maximum atomic E-state index is 13.8. The molecule has 1 heterocycles. The van der Waals surface area contributed by atoms with Crippen LogP contribution in [0.2, 0.25) is 0 Å². The van der Waals surface area contributed by atoms with Gasteiger partial charge in [-0.15, -0.1) is 0 Å². The molecule has 0 spiro atoms. The van der Waals surface area contributed by atoms with Gasteiger partial charge in [-0.3, -0.25) is 0 Å². The first-order valence-corrected chi connectivity index (χ1v) is 8.52. The number of allylic oxidation sites excluding steroid dienone is 4. The van der Waals surface area contributed by atoms with Crippen molar-refractivity contribution in [1.82, 2.24) is 0 Å². The van der Waals surface area contributed by atoms with Crippen molar-refractivity contribution in [3.63, 3.8) is 0 Å². The zero-order chi connectivity index (χ0) is 18.4. The molecule has 1 aliphatic rings. The lowest BCUT2D eigenvalue weighted by Crippen LogP contribution is -2.04. The molecule has 0 saturated carbocycles. The summed E-state index contributed by atoms with van der Waals surface area (Å²) in [4.78, 5) is 11.9. The molecule has 0 radical (unpaired) electrons. The lowest BCUT2D eigenvalue weighted by atomic mass is 10.0. The largest absolute Gasteiger partial charge is 0.450 e. The van der Waals surface area contributed by atoms with E-state index in [2.05, 4.69) is 32.9 Å². The van der Waals surface area contributed by atoms with E-state index in [9.17, 15) is 13.6 Å². The summed E-state index contributed by atoms with van der Waals surface area (Å²) < 4.78 is 32.3. The molecular formula is C21H24F2O2. The van der Waals surface area contributed by atoms with E-state index >= 15 is 0 Å². The van der Waals surface area contributed by atoms with Crippen LogP contribution in [-0.2, 0) is 9.53 Å². The topological polar surface area (TPSA) is 26.3 Å². The highest BCUT2D eigenvalue weighted by Gasteiger charge is 2.28. The van der Waals surface area contributed by atoms with E-state index < -0.39 is 23.7 Å². The van der Waals surface area contributed by atoms with E-state index in [1.165, 1.54) is 11.1 Å². The Morgan fingerprint density at radius 1 is 1.16 bits per heavy atom. The molecule has 1 aromatic rings. The summed E-state index contributed by atoms with van der Waals surface area (Å²) in [5.74, 6) is -1.58. The van der Waals surface area contributed by atoms with Crippen LogP contribution in [-0.4, -0.2) is 5.97 Å². The lowest BCUT2D eigenvalue weighted by molar-refractivity contribution is -0.140. The highest BCUT2D eigenvalue weighted by Crippen LogP contribution is 2.31. The molecule has 1 atom stereocenters. The first-order chi connectivity index (χ1) is 11.9. The van der Waals surface area contributed by atoms with Crippen molar-refractivity contribution >= 4 is 5.97 Å². The number of rotatable bonds is 7. The summed E-state index contributed by atoms with van der Waals surface area (Å²) in [7, 11) is 0. The second kappa shape index (κ2) is 8.75. The quantitative estimate of drug-likeness (QED) is 0.449. The minimum atomic E-state index is -0.846. The molecule has 2 rings (SSSR count). The molecule has 1 aliphatic heterocycles. The molecular weight excluding hydrogens is 322 g/mol. The van der Waals surface area contributed by atoms with Crippen molar-refractivity contribution < 1.29 is 18.3 Å². The minimum Gasteiger partial charge on any atom is -0.450 e. The van der Waals surface area contributed by atoms with Crippen LogP contribution >= 0.6 is 0 Å². The third kappa shape index (κ3) is 5.66. The Hall–Kier alpha value is -2.23. The number of cyclic esters (lactones) is 1. The van der Waals surface area contributed by atoms with Crippen LogP contribution in [0, 0.1) is 11.6 Å². The highest BCUT2D eigenvalue weighted by molar-refractivity contribution is 5.91. The fourth-order valence-electron chi connectivity index (χ4n) is 2.71. The van der Waals surface area contributed by atoms with Crippen LogP contribution < -0.4 is 0 Å². The van der Waals surface area contributed by atoms with E-state index in [1.807, 2.05) is 0 Å². The maximum absolute atomic E-state index is 13.8. The number of halogens is 2. The molecule has 0 aliphatic carbocycles. The summed E-state index contributed by atoms with van der Waals surface area (Å²) in [5, 5.41) is 0. The normalized spacial score (nSPS) is 17.3. The highest BCUT2D eigenvalue weighted by atomic mass is 19.1. The molecule has 4 heteroatoms. The Bertz CT molecular complexity index is 725. The van der Waals surface area contributed by atoms with Gasteiger partial charge in [0.05, 0.1) is 0 Å². The Labute approximate surface area is 147 Å². The van der Waals surface area contributed by atoms with Crippen LogP contribution in [0.4, 0.5) is 8.78 Å². The van der Waals surface area contributed by atoms with Gasteiger partial charge in [0.15, 0.2) is 0 Å². The summed E-state index contributed by atoms with van der Waals surface area (Å²) in [6, 6.07) is 3.16. The summed E-state index contributed by atoms with van der Waals surface area (Å²) in [5.41, 5.74) is 3.15. The zero-order valence-corrected chi connectivity index (χ0v) is 14.9. The predicted octanol–water partition coefficient (Wildman–Crippen LogP) is 5.96. The van der Waals surface area contributed by atoms with Crippen molar-refractivity contribution in [2.75, 3.05) is 0 Å². The predicted molar refractivity (Wildman–Crippen MR) is 94.9 cm³/mol. The van der Waals surface area contributed by atoms with Gasteiger partial charge >= 0.3 is 5.97 Å². The summed E-state index contributed by atoms with van der Waals surface area (Å²) in [6.45, 7) is 6.23. The van der Waals surface area contributed by atoms with Gasteiger partial charge in [0.25, 0.3) is 0 Å². The van der Waals surface area contributed by atoms with Crippen LogP contribution in [0.1, 0.15) is 58.1 Å². The number of carbonyl (C=O) groups is 1. The van der Waals surface area contributed by atoms with Gasteiger partial charge in [0.1, 0.15) is 17.7 Å². The van der Waals surface area contributed by atoms with Gasteiger partial charge in [0, 0.05) is 11.1 Å². The SMILES string of the molecule is CC(C)=CCC/C(C)=C/CCC1=C[C@H](c2cc(F)ccc2F)OC1=O. The third-order valence-corrected chi connectivity index (χ3v) is 4.11. The first-order valence-electron chi connectivity index (χ1n) is 8.52. The van der Waals surface area contributed by atoms with Crippen molar-refractivity contribution in [1.29, 1.82) is 0 Å².